The molecule has 0 atom stereocenters. The Kier molecular flexibility index (Phi) is 2.04. The second-order valence-electron chi connectivity index (χ2n) is 3.56. The van der Waals surface area contributed by atoms with Gasteiger partial charge in [0.25, 0.3) is 5.56 Å². The highest BCUT2D eigenvalue weighted by molar-refractivity contribution is 5.79. The maximum atomic E-state index is 13.4. The Morgan fingerprint density at radius 3 is 2.94 bits per heavy atom. The molecule has 0 saturated carbocycles. The Hall–Kier alpha value is -2.43. The number of rotatable bonds is 1. The van der Waals surface area contributed by atoms with Crippen molar-refractivity contribution in [3.8, 4) is 11.4 Å². The van der Waals surface area contributed by atoms with Gasteiger partial charge in [-0.25, -0.2) is 9.37 Å². The number of hydrogen-bond donors (Lipinski definition) is 1. The van der Waals surface area contributed by atoms with Crippen LogP contribution in [-0.4, -0.2) is 9.97 Å². The van der Waals surface area contributed by atoms with Gasteiger partial charge in [-0.3, -0.25) is 4.79 Å². The molecule has 0 saturated heterocycles. The first-order chi connectivity index (χ1) is 8.25. The van der Waals surface area contributed by atoms with Gasteiger partial charge in [-0.2, -0.15) is 0 Å². The lowest BCUT2D eigenvalue weighted by Crippen LogP contribution is -2.10. The topological polar surface area (TPSA) is 58.9 Å². The van der Waals surface area contributed by atoms with E-state index in [-0.39, 0.29) is 5.39 Å². The summed E-state index contributed by atoms with van der Waals surface area (Å²) in [5, 5.41) is -0.0280. The van der Waals surface area contributed by atoms with E-state index in [0.717, 1.165) is 0 Å². The van der Waals surface area contributed by atoms with Gasteiger partial charge in [-0.05, 0) is 18.2 Å². The lowest BCUT2D eigenvalue weighted by Gasteiger charge is -2.00. The van der Waals surface area contributed by atoms with Gasteiger partial charge in [0.2, 0.25) is 0 Å². The number of aromatic amines is 1. The normalized spacial score (nSPS) is 10.9. The van der Waals surface area contributed by atoms with Crippen LogP contribution in [0, 0.1) is 5.82 Å². The summed E-state index contributed by atoms with van der Waals surface area (Å²) in [6.45, 7) is 0. The molecule has 0 unspecified atom stereocenters. The van der Waals surface area contributed by atoms with Crippen molar-refractivity contribution in [1.82, 2.24) is 9.97 Å². The molecule has 0 amide bonds. The van der Waals surface area contributed by atoms with Crippen LogP contribution in [-0.2, 0) is 0 Å². The highest BCUT2D eigenvalue weighted by atomic mass is 19.1. The average molecular weight is 230 g/mol. The standard InChI is InChI=1S/C12H7FN2O2/c13-8-2-1-3-9-10(8)12(16)15-11(14-9)7-4-5-17-6-7/h1-6H,(H,14,15,16). The third-order valence-electron chi connectivity index (χ3n) is 2.48. The van der Waals surface area contributed by atoms with Crippen LogP contribution in [0.3, 0.4) is 0 Å². The van der Waals surface area contributed by atoms with Gasteiger partial charge in [0.05, 0.1) is 17.3 Å². The second kappa shape index (κ2) is 3.55. The van der Waals surface area contributed by atoms with Crippen molar-refractivity contribution in [1.29, 1.82) is 0 Å². The van der Waals surface area contributed by atoms with Gasteiger partial charge in [0, 0.05) is 0 Å². The highest BCUT2D eigenvalue weighted by Crippen LogP contribution is 2.17. The maximum absolute atomic E-state index is 13.4. The van der Waals surface area contributed by atoms with E-state index in [2.05, 4.69) is 9.97 Å². The zero-order valence-corrected chi connectivity index (χ0v) is 8.61. The number of fused-ring (bicyclic) bond motifs is 1. The number of hydrogen-bond acceptors (Lipinski definition) is 3. The summed E-state index contributed by atoms with van der Waals surface area (Å²) in [5.41, 5.74) is 0.475. The molecule has 0 aliphatic heterocycles. The highest BCUT2D eigenvalue weighted by Gasteiger charge is 2.09. The molecule has 2 aromatic heterocycles. The van der Waals surface area contributed by atoms with Gasteiger partial charge in [0.1, 0.15) is 23.3 Å². The molecular weight excluding hydrogens is 223 g/mol. The quantitative estimate of drug-likeness (QED) is 0.697. The first-order valence-electron chi connectivity index (χ1n) is 4.97. The monoisotopic (exact) mass is 230 g/mol. The summed E-state index contributed by atoms with van der Waals surface area (Å²) in [7, 11) is 0. The van der Waals surface area contributed by atoms with Crippen LogP contribution in [0.25, 0.3) is 22.3 Å². The van der Waals surface area contributed by atoms with Crippen molar-refractivity contribution in [2.24, 2.45) is 0 Å². The number of aromatic nitrogens is 2. The van der Waals surface area contributed by atoms with Crippen LogP contribution in [0.2, 0.25) is 0 Å². The second-order valence-corrected chi connectivity index (χ2v) is 3.56. The van der Waals surface area contributed by atoms with Crippen LogP contribution in [0.15, 0.2) is 46.0 Å². The molecule has 0 fully saturated rings. The molecule has 0 aliphatic carbocycles. The minimum atomic E-state index is -0.574. The Balaban J connectivity index is 2.36. The molecule has 4 nitrogen and oxygen atoms in total. The van der Waals surface area contributed by atoms with Crippen LogP contribution in [0.4, 0.5) is 4.39 Å². The van der Waals surface area contributed by atoms with E-state index in [4.69, 9.17) is 4.42 Å². The maximum Gasteiger partial charge on any atom is 0.262 e. The molecule has 3 rings (SSSR count). The first kappa shape index (κ1) is 9.77. The van der Waals surface area contributed by atoms with Gasteiger partial charge in [0.15, 0.2) is 0 Å². The molecule has 17 heavy (non-hydrogen) atoms. The number of H-pyrrole nitrogens is 1. The summed E-state index contributed by atoms with van der Waals surface area (Å²) in [6.07, 6.45) is 2.94. The fourth-order valence-corrected chi connectivity index (χ4v) is 1.69. The lowest BCUT2D eigenvalue weighted by atomic mass is 10.2. The smallest absolute Gasteiger partial charge is 0.262 e. The number of nitrogens with zero attached hydrogens (tertiary/aromatic N) is 1. The van der Waals surface area contributed by atoms with Gasteiger partial charge < -0.3 is 9.40 Å². The van der Waals surface area contributed by atoms with Crippen molar-refractivity contribution >= 4 is 10.9 Å². The lowest BCUT2D eigenvalue weighted by molar-refractivity contribution is 0.568. The molecule has 1 aromatic carbocycles. The van der Waals surface area contributed by atoms with Crippen molar-refractivity contribution in [2.75, 3.05) is 0 Å². The molecule has 3 aromatic rings. The van der Waals surface area contributed by atoms with Crippen molar-refractivity contribution < 1.29 is 8.81 Å². The van der Waals surface area contributed by atoms with Crippen LogP contribution in [0.1, 0.15) is 0 Å². The molecular formula is C12H7FN2O2. The van der Waals surface area contributed by atoms with Crippen LogP contribution >= 0.6 is 0 Å². The number of benzene rings is 1. The number of furan rings is 1. The molecule has 0 spiro atoms. The van der Waals surface area contributed by atoms with E-state index in [0.29, 0.717) is 16.9 Å². The SMILES string of the molecule is O=c1[nH]c(-c2ccoc2)nc2cccc(F)c12. The molecule has 0 radical (unpaired) electrons. The van der Waals surface area contributed by atoms with E-state index in [1.807, 2.05) is 0 Å². The minimum Gasteiger partial charge on any atom is -0.472 e. The predicted molar refractivity (Wildman–Crippen MR) is 60.0 cm³/mol. The van der Waals surface area contributed by atoms with Crippen LogP contribution < -0.4 is 5.56 Å². The fourth-order valence-electron chi connectivity index (χ4n) is 1.69. The van der Waals surface area contributed by atoms with E-state index < -0.39 is 11.4 Å². The predicted octanol–water partition coefficient (Wildman–Crippen LogP) is 2.32. The first-order valence-corrected chi connectivity index (χ1v) is 4.97. The molecule has 84 valence electrons. The van der Waals surface area contributed by atoms with E-state index in [1.54, 1.807) is 12.1 Å². The fraction of sp³-hybridized carbons (Fsp3) is 0. The Bertz CT molecular complexity index is 732. The molecule has 0 aliphatic rings. The summed E-state index contributed by atoms with van der Waals surface area (Å²) >= 11 is 0. The number of nitrogens with one attached hydrogen (secondary N) is 1. The Morgan fingerprint density at radius 2 is 2.18 bits per heavy atom. The zero-order valence-electron chi connectivity index (χ0n) is 8.61. The minimum absolute atomic E-state index is 0.0280. The molecule has 0 bridgehead atoms. The van der Waals surface area contributed by atoms with Gasteiger partial charge in [-0.15, -0.1) is 0 Å². The van der Waals surface area contributed by atoms with Crippen molar-refractivity contribution in [2.45, 2.75) is 0 Å². The molecule has 1 N–H and O–H groups in total. The van der Waals surface area contributed by atoms with Crippen molar-refractivity contribution in [3.63, 3.8) is 0 Å². The van der Waals surface area contributed by atoms with E-state index in [9.17, 15) is 9.18 Å². The summed E-state index contributed by atoms with van der Waals surface area (Å²) < 4.78 is 18.4. The summed E-state index contributed by atoms with van der Waals surface area (Å²) in [6, 6.07) is 6.01. The van der Waals surface area contributed by atoms with E-state index >= 15 is 0 Å². The van der Waals surface area contributed by atoms with Crippen molar-refractivity contribution in [3.05, 3.63) is 53.0 Å². The summed E-state index contributed by atoms with van der Waals surface area (Å²) in [4.78, 5) is 18.5. The van der Waals surface area contributed by atoms with Gasteiger partial charge in [-0.1, -0.05) is 6.07 Å². The molecule has 2 heterocycles. The third kappa shape index (κ3) is 1.52. The number of halogens is 1. The van der Waals surface area contributed by atoms with Gasteiger partial charge >= 0.3 is 0 Å². The van der Waals surface area contributed by atoms with E-state index in [1.165, 1.54) is 24.7 Å². The average Bonchev–Trinajstić information content (AvgIpc) is 2.81. The zero-order chi connectivity index (χ0) is 11.8. The molecule has 5 heteroatoms. The largest absolute Gasteiger partial charge is 0.472 e. The Labute approximate surface area is 94.7 Å². The van der Waals surface area contributed by atoms with Crippen LogP contribution in [0.5, 0.6) is 0 Å². The Morgan fingerprint density at radius 1 is 1.29 bits per heavy atom. The third-order valence-corrected chi connectivity index (χ3v) is 2.48. The summed E-state index contributed by atoms with van der Waals surface area (Å²) in [5.74, 6) is -0.211.